The third-order valence-corrected chi connectivity index (χ3v) is 3.47. The zero-order valence-corrected chi connectivity index (χ0v) is 12.0. The van der Waals surface area contributed by atoms with Crippen LogP contribution in [-0.2, 0) is 4.74 Å². The second-order valence-electron chi connectivity index (χ2n) is 4.86. The third kappa shape index (κ3) is 3.79. The standard InChI is InChI=1S/C15H21NO4/c1-18-12-8-9-14(19-2)13(10-12)16-15(17)20-11-6-4-3-5-7-11/h8-11H,3-7H2,1-2H3,(H,16,17). The molecule has 5 nitrogen and oxygen atoms in total. The lowest BCUT2D eigenvalue weighted by Crippen LogP contribution is -2.24. The van der Waals surface area contributed by atoms with Crippen molar-refractivity contribution in [1.82, 2.24) is 0 Å². The molecule has 0 unspecified atom stereocenters. The van der Waals surface area contributed by atoms with E-state index in [0.29, 0.717) is 17.2 Å². The van der Waals surface area contributed by atoms with Crippen molar-refractivity contribution < 1.29 is 19.0 Å². The first kappa shape index (κ1) is 14.5. The Morgan fingerprint density at radius 1 is 1.15 bits per heavy atom. The molecule has 1 aromatic rings. The molecule has 0 radical (unpaired) electrons. The molecule has 0 aliphatic heterocycles. The number of benzene rings is 1. The summed E-state index contributed by atoms with van der Waals surface area (Å²) >= 11 is 0. The van der Waals surface area contributed by atoms with E-state index in [-0.39, 0.29) is 6.10 Å². The summed E-state index contributed by atoms with van der Waals surface area (Å²) in [4.78, 5) is 11.9. The lowest BCUT2D eigenvalue weighted by molar-refractivity contribution is 0.0864. The topological polar surface area (TPSA) is 56.8 Å². The fraction of sp³-hybridized carbons (Fsp3) is 0.533. The van der Waals surface area contributed by atoms with Gasteiger partial charge < -0.3 is 14.2 Å². The Balaban J connectivity index is 1.98. The quantitative estimate of drug-likeness (QED) is 0.915. The molecule has 1 amide bonds. The van der Waals surface area contributed by atoms with Crippen LogP contribution in [0.2, 0.25) is 0 Å². The van der Waals surface area contributed by atoms with Crippen molar-refractivity contribution in [1.29, 1.82) is 0 Å². The molecule has 0 bridgehead atoms. The van der Waals surface area contributed by atoms with Gasteiger partial charge in [0.25, 0.3) is 0 Å². The summed E-state index contributed by atoms with van der Waals surface area (Å²) in [5.74, 6) is 1.23. The zero-order chi connectivity index (χ0) is 14.4. The lowest BCUT2D eigenvalue weighted by Gasteiger charge is -2.22. The summed E-state index contributed by atoms with van der Waals surface area (Å²) in [6.45, 7) is 0. The maximum absolute atomic E-state index is 11.9. The molecule has 0 saturated heterocycles. The Kier molecular flexibility index (Phi) is 5.09. The Labute approximate surface area is 119 Å². The highest BCUT2D eigenvalue weighted by Crippen LogP contribution is 2.29. The SMILES string of the molecule is COc1ccc(OC)c(NC(=O)OC2CCCCC2)c1. The molecule has 110 valence electrons. The van der Waals surface area contributed by atoms with Gasteiger partial charge in [-0.2, -0.15) is 0 Å². The van der Waals surface area contributed by atoms with Crippen LogP contribution in [0.5, 0.6) is 11.5 Å². The average molecular weight is 279 g/mol. The molecule has 1 saturated carbocycles. The molecule has 1 aliphatic carbocycles. The van der Waals surface area contributed by atoms with Crippen molar-refractivity contribution in [3.63, 3.8) is 0 Å². The first-order valence-corrected chi connectivity index (χ1v) is 6.92. The summed E-state index contributed by atoms with van der Waals surface area (Å²) in [7, 11) is 3.13. The number of methoxy groups -OCH3 is 2. The van der Waals surface area contributed by atoms with Crippen LogP contribution < -0.4 is 14.8 Å². The average Bonchev–Trinajstić information content (AvgIpc) is 2.48. The highest BCUT2D eigenvalue weighted by Gasteiger charge is 2.18. The summed E-state index contributed by atoms with van der Waals surface area (Å²) in [6, 6.07) is 5.23. The first-order valence-electron chi connectivity index (χ1n) is 6.92. The van der Waals surface area contributed by atoms with Crippen molar-refractivity contribution in [3.05, 3.63) is 18.2 Å². The largest absolute Gasteiger partial charge is 0.497 e. The van der Waals surface area contributed by atoms with Gasteiger partial charge in [-0.15, -0.1) is 0 Å². The van der Waals surface area contributed by atoms with E-state index < -0.39 is 6.09 Å². The number of nitrogens with one attached hydrogen (secondary N) is 1. The molecule has 0 atom stereocenters. The molecule has 5 heteroatoms. The van der Waals surface area contributed by atoms with E-state index in [4.69, 9.17) is 14.2 Å². The van der Waals surface area contributed by atoms with Gasteiger partial charge in [0.1, 0.15) is 17.6 Å². The van der Waals surface area contributed by atoms with Crippen molar-refractivity contribution >= 4 is 11.8 Å². The number of ether oxygens (including phenoxy) is 3. The maximum atomic E-state index is 11.9. The number of anilines is 1. The van der Waals surface area contributed by atoms with Crippen LogP contribution in [0.1, 0.15) is 32.1 Å². The van der Waals surface area contributed by atoms with E-state index in [1.54, 1.807) is 32.4 Å². The van der Waals surface area contributed by atoms with E-state index in [2.05, 4.69) is 5.32 Å². The van der Waals surface area contributed by atoms with Crippen LogP contribution >= 0.6 is 0 Å². The van der Waals surface area contributed by atoms with Crippen molar-refractivity contribution in [2.24, 2.45) is 0 Å². The normalized spacial score (nSPS) is 15.5. The minimum Gasteiger partial charge on any atom is -0.497 e. The van der Waals surface area contributed by atoms with Gasteiger partial charge in [0.2, 0.25) is 0 Å². The second-order valence-corrected chi connectivity index (χ2v) is 4.86. The minimum absolute atomic E-state index is 0.0281. The molecule has 0 spiro atoms. The molecule has 0 aromatic heterocycles. The van der Waals surface area contributed by atoms with E-state index in [1.165, 1.54) is 6.42 Å². The van der Waals surface area contributed by atoms with Crippen LogP contribution in [0.15, 0.2) is 18.2 Å². The zero-order valence-electron chi connectivity index (χ0n) is 12.0. The van der Waals surface area contributed by atoms with Gasteiger partial charge in [0.15, 0.2) is 0 Å². The Morgan fingerprint density at radius 2 is 1.90 bits per heavy atom. The fourth-order valence-electron chi connectivity index (χ4n) is 2.39. The van der Waals surface area contributed by atoms with E-state index in [9.17, 15) is 4.79 Å². The van der Waals surface area contributed by atoms with Gasteiger partial charge in [-0.1, -0.05) is 6.42 Å². The highest BCUT2D eigenvalue weighted by molar-refractivity contribution is 5.87. The number of carbonyl (C=O) groups is 1. The molecule has 1 aliphatic rings. The molecule has 1 N–H and O–H groups in total. The Bertz CT molecular complexity index is 455. The second kappa shape index (κ2) is 7.03. The van der Waals surface area contributed by atoms with Crippen molar-refractivity contribution in [3.8, 4) is 11.5 Å². The van der Waals surface area contributed by atoms with E-state index >= 15 is 0 Å². The number of carbonyl (C=O) groups excluding carboxylic acids is 1. The summed E-state index contributed by atoms with van der Waals surface area (Å²) in [5.41, 5.74) is 0.549. The Morgan fingerprint density at radius 3 is 2.55 bits per heavy atom. The van der Waals surface area contributed by atoms with Crippen LogP contribution in [-0.4, -0.2) is 26.4 Å². The third-order valence-electron chi connectivity index (χ3n) is 3.47. The summed E-state index contributed by atoms with van der Waals surface area (Å²) in [6.07, 6.45) is 4.96. The van der Waals surface area contributed by atoms with E-state index in [1.807, 2.05) is 0 Å². The van der Waals surface area contributed by atoms with Gasteiger partial charge in [-0.25, -0.2) is 4.79 Å². The smallest absolute Gasteiger partial charge is 0.412 e. The molecule has 20 heavy (non-hydrogen) atoms. The summed E-state index contributed by atoms with van der Waals surface area (Å²) < 4.78 is 15.8. The molecule has 1 aromatic carbocycles. The van der Waals surface area contributed by atoms with Crippen LogP contribution in [0.25, 0.3) is 0 Å². The molecular weight excluding hydrogens is 258 g/mol. The van der Waals surface area contributed by atoms with Gasteiger partial charge in [-0.3, -0.25) is 5.32 Å². The highest BCUT2D eigenvalue weighted by atomic mass is 16.6. The number of amides is 1. The van der Waals surface area contributed by atoms with Gasteiger partial charge in [-0.05, 0) is 37.8 Å². The Hall–Kier alpha value is -1.91. The van der Waals surface area contributed by atoms with E-state index in [0.717, 1.165) is 25.7 Å². The fourth-order valence-corrected chi connectivity index (χ4v) is 2.39. The minimum atomic E-state index is -0.441. The van der Waals surface area contributed by atoms with Crippen molar-refractivity contribution in [2.75, 3.05) is 19.5 Å². The molecular formula is C15H21NO4. The predicted octanol–water partition coefficient (Wildman–Crippen LogP) is 3.59. The monoisotopic (exact) mass is 279 g/mol. The molecule has 0 heterocycles. The molecule has 2 rings (SSSR count). The van der Waals surface area contributed by atoms with Crippen LogP contribution in [0.3, 0.4) is 0 Å². The lowest BCUT2D eigenvalue weighted by atomic mass is 9.98. The first-order chi connectivity index (χ1) is 9.72. The van der Waals surface area contributed by atoms with Gasteiger partial charge in [0.05, 0.1) is 19.9 Å². The van der Waals surface area contributed by atoms with Crippen molar-refractivity contribution in [2.45, 2.75) is 38.2 Å². The van der Waals surface area contributed by atoms with Gasteiger partial charge in [0, 0.05) is 6.07 Å². The number of hydrogen-bond acceptors (Lipinski definition) is 4. The molecule has 1 fully saturated rings. The van der Waals surface area contributed by atoms with Gasteiger partial charge >= 0.3 is 6.09 Å². The van der Waals surface area contributed by atoms with Crippen LogP contribution in [0.4, 0.5) is 10.5 Å². The predicted molar refractivity (Wildman–Crippen MR) is 76.5 cm³/mol. The maximum Gasteiger partial charge on any atom is 0.412 e. The summed E-state index contributed by atoms with van der Waals surface area (Å²) in [5, 5.41) is 2.72. The number of rotatable bonds is 4. The van der Waals surface area contributed by atoms with Crippen LogP contribution in [0, 0.1) is 0 Å². The number of hydrogen-bond donors (Lipinski definition) is 1.